The summed E-state index contributed by atoms with van der Waals surface area (Å²) in [5.41, 5.74) is 0. The average Bonchev–Trinajstić information content (AvgIpc) is 2.46. The van der Waals surface area contributed by atoms with Crippen molar-refractivity contribution in [2.75, 3.05) is 13.7 Å². The minimum absolute atomic E-state index is 0.0537. The van der Waals surface area contributed by atoms with Gasteiger partial charge in [-0.2, -0.15) is 13.2 Å². The van der Waals surface area contributed by atoms with Crippen molar-refractivity contribution in [3.63, 3.8) is 0 Å². The van der Waals surface area contributed by atoms with Gasteiger partial charge in [-0.05, 0) is 20.3 Å². The summed E-state index contributed by atoms with van der Waals surface area (Å²) >= 11 is 0. The fraction of sp³-hybridized carbons (Fsp3) is 1.00. The Bertz CT molecular complexity index is 193. The standard InChI is InChI=1S/C9H16F3NO/c1-6(2)13-5-7(14-3)4-8(13)9(10,11)12/h6-8H,4-5H2,1-3H3. The van der Waals surface area contributed by atoms with E-state index in [1.807, 2.05) is 0 Å². The molecule has 0 aromatic heterocycles. The number of alkyl halides is 3. The zero-order valence-electron chi connectivity index (χ0n) is 8.64. The molecule has 1 aliphatic rings. The van der Waals surface area contributed by atoms with Crippen molar-refractivity contribution in [1.29, 1.82) is 0 Å². The van der Waals surface area contributed by atoms with Crippen LogP contribution in [0.5, 0.6) is 0 Å². The van der Waals surface area contributed by atoms with Gasteiger partial charge in [-0.3, -0.25) is 4.90 Å². The number of halogens is 3. The molecule has 1 aliphatic heterocycles. The van der Waals surface area contributed by atoms with Crippen LogP contribution in [0.15, 0.2) is 0 Å². The number of hydrogen-bond acceptors (Lipinski definition) is 2. The molecule has 0 saturated carbocycles. The second-order valence-corrected chi connectivity index (χ2v) is 3.94. The zero-order chi connectivity index (χ0) is 10.9. The molecule has 1 saturated heterocycles. The Morgan fingerprint density at radius 2 is 1.93 bits per heavy atom. The molecule has 0 aliphatic carbocycles. The van der Waals surface area contributed by atoms with Crippen LogP contribution >= 0.6 is 0 Å². The van der Waals surface area contributed by atoms with E-state index in [1.165, 1.54) is 12.0 Å². The van der Waals surface area contributed by atoms with Gasteiger partial charge in [0.1, 0.15) is 6.04 Å². The van der Waals surface area contributed by atoms with E-state index >= 15 is 0 Å². The number of methoxy groups -OCH3 is 1. The van der Waals surface area contributed by atoms with Crippen LogP contribution in [0.3, 0.4) is 0 Å². The van der Waals surface area contributed by atoms with Crippen molar-refractivity contribution in [2.45, 2.75) is 44.6 Å². The highest BCUT2D eigenvalue weighted by Crippen LogP contribution is 2.34. The molecular formula is C9H16F3NO. The fourth-order valence-electron chi connectivity index (χ4n) is 1.88. The van der Waals surface area contributed by atoms with Gasteiger partial charge in [-0.1, -0.05) is 0 Å². The van der Waals surface area contributed by atoms with E-state index in [0.717, 1.165) is 0 Å². The third-order valence-corrected chi connectivity index (χ3v) is 2.68. The summed E-state index contributed by atoms with van der Waals surface area (Å²) in [6.07, 6.45) is -4.38. The van der Waals surface area contributed by atoms with E-state index in [9.17, 15) is 13.2 Å². The molecule has 0 spiro atoms. The zero-order valence-corrected chi connectivity index (χ0v) is 8.64. The lowest BCUT2D eigenvalue weighted by atomic mass is 10.2. The van der Waals surface area contributed by atoms with Crippen LogP contribution in [0.2, 0.25) is 0 Å². The highest BCUT2D eigenvalue weighted by atomic mass is 19.4. The Labute approximate surface area is 82.0 Å². The van der Waals surface area contributed by atoms with Gasteiger partial charge in [0.05, 0.1) is 6.10 Å². The third kappa shape index (κ3) is 2.39. The molecule has 84 valence electrons. The van der Waals surface area contributed by atoms with Crippen LogP contribution in [0.25, 0.3) is 0 Å². The van der Waals surface area contributed by atoms with Gasteiger partial charge in [0.2, 0.25) is 0 Å². The number of hydrogen-bond donors (Lipinski definition) is 0. The van der Waals surface area contributed by atoms with Gasteiger partial charge in [-0.25, -0.2) is 0 Å². The highest BCUT2D eigenvalue weighted by molar-refractivity contribution is 4.91. The quantitative estimate of drug-likeness (QED) is 0.693. The maximum Gasteiger partial charge on any atom is 0.404 e. The fourth-order valence-corrected chi connectivity index (χ4v) is 1.88. The molecule has 2 unspecified atom stereocenters. The number of likely N-dealkylation sites (tertiary alicyclic amines) is 1. The first kappa shape index (κ1) is 11.8. The van der Waals surface area contributed by atoms with Gasteiger partial charge in [-0.15, -0.1) is 0 Å². The Kier molecular flexibility index (Phi) is 3.42. The average molecular weight is 211 g/mol. The number of nitrogens with zero attached hydrogens (tertiary/aromatic N) is 1. The normalized spacial score (nSPS) is 30.2. The summed E-state index contributed by atoms with van der Waals surface area (Å²) in [4.78, 5) is 1.45. The molecule has 2 nitrogen and oxygen atoms in total. The van der Waals surface area contributed by atoms with E-state index in [-0.39, 0.29) is 18.6 Å². The minimum atomic E-state index is -4.14. The van der Waals surface area contributed by atoms with Crippen LogP contribution in [0, 0.1) is 0 Å². The van der Waals surface area contributed by atoms with Crippen molar-refractivity contribution in [1.82, 2.24) is 4.90 Å². The third-order valence-electron chi connectivity index (χ3n) is 2.68. The predicted octanol–water partition coefficient (Wildman–Crippen LogP) is 2.05. The van der Waals surface area contributed by atoms with Crippen LogP contribution in [0.1, 0.15) is 20.3 Å². The first-order valence-electron chi connectivity index (χ1n) is 4.71. The highest BCUT2D eigenvalue weighted by Gasteiger charge is 2.49. The lowest BCUT2D eigenvalue weighted by molar-refractivity contribution is -0.179. The largest absolute Gasteiger partial charge is 0.404 e. The van der Waals surface area contributed by atoms with E-state index in [4.69, 9.17) is 4.74 Å². The lowest BCUT2D eigenvalue weighted by Gasteiger charge is -2.29. The second-order valence-electron chi connectivity index (χ2n) is 3.94. The maximum atomic E-state index is 12.6. The molecule has 0 amide bonds. The lowest BCUT2D eigenvalue weighted by Crippen LogP contribution is -2.44. The molecule has 1 heterocycles. The van der Waals surface area contributed by atoms with Gasteiger partial charge in [0.15, 0.2) is 0 Å². The monoisotopic (exact) mass is 211 g/mol. The van der Waals surface area contributed by atoms with Crippen molar-refractivity contribution in [3.8, 4) is 0 Å². The Morgan fingerprint density at radius 3 is 2.21 bits per heavy atom. The molecule has 5 heteroatoms. The molecule has 0 aromatic carbocycles. The molecule has 0 radical (unpaired) electrons. The van der Waals surface area contributed by atoms with E-state index in [1.54, 1.807) is 13.8 Å². The van der Waals surface area contributed by atoms with Crippen molar-refractivity contribution >= 4 is 0 Å². The molecular weight excluding hydrogens is 195 g/mol. The predicted molar refractivity (Wildman–Crippen MR) is 47.1 cm³/mol. The van der Waals surface area contributed by atoms with E-state index < -0.39 is 12.2 Å². The summed E-state index contributed by atoms with van der Waals surface area (Å²) < 4.78 is 42.7. The van der Waals surface area contributed by atoms with Gasteiger partial charge in [0, 0.05) is 19.7 Å². The van der Waals surface area contributed by atoms with Crippen LogP contribution in [0.4, 0.5) is 13.2 Å². The Hall–Kier alpha value is -0.290. The summed E-state index contributed by atoms with van der Waals surface area (Å²) in [5, 5.41) is 0. The number of rotatable bonds is 2. The molecule has 0 N–H and O–H groups in total. The molecule has 2 atom stereocenters. The van der Waals surface area contributed by atoms with Crippen LogP contribution in [-0.4, -0.2) is 42.9 Å². The summed E-state index contributed by atoms with van der Waals surface area (Å²) in [6, 6.07) is -1.44. The second kappa shape index (κ2) is 4.06. The molecule has 1 fully saturated rings. The first-order chi connectivity index (χ1) is 6.36. The maximum absolute atomic E-state index is 12.6. The SMILES string of the molecule is COC1CC(C(F)(F)F)N(C(C)C)C1. The van der Waals surface area contributed by atoms with E-state index in [2.05, 4.69) is 0 Å². The van der Waals surface area contributed by atoms with Gasteiger partial charge >= 0.3 is 6.18 Å². The van der Waals surface area contributed by atoms with Crippen molar-refractivity contribution in [3.05, 3.63) is 0 Å². The van der Waals surface area contributed by atoms with Gasteiger partial charge < -0.3 is 4.74 Å². The Morgan fingerprint density at radius 1 is 1.36 bits per heavy atom. The summed E-state index contributed by atoms with van der Waals surface area (Å²) in [6.45, 7) is 3.92. The smallest absolute Gasteiger partial charge is 0.380 e. The van der Waals surface area contributed by atoms with Crippen LogP contribution in [-0.2, 0) is 4.74 Å². The van der Waals surface area contributed by atoms with Crippen molar-refractivity contribution < 1.29 is 17.9 Å². The molecule has 14 heavy (non-hydrogen) atoms. The summed E-state index contributed by atoms with van der Waals surface area (Å²) in [5.74, 6) is 0. The summed E-state index contributed by atoms with van der Waals surface area (Å²) in [7, 11) is 1.46. The van der Waals surface area contributed by atoms with Crippen LogP contribution < -0.4 is 0 Å². The topological polar surface area (TPSA) is 12.5 Å². The molecule has 0 aromatic rings. The molecule has 1 rings (SSSR count). The van der Waals surface area contributed by atoms with Gasteiger partial charge in [0.25, 0.3) is 0 Å². The van der Waals surface area contributed by atoms with E-state index in [0.29, 0.717) is 6.54 Å². The Balaban J connectivity index is 2.72. The molecule has 0 bridgehead atoms. The number of ether oxygens (including phenoxy) is 1. The van der Waals surface area contributed by atoms with Crippen molar-refractivity contribution in [2.24, 2.45) is 0 Å². The minimum Gasteiger partial charge on any atom is -0.380 e. The first-order valence-corrected chi connectivity index (χ1v) is 4.71.